The van der Waals surface area contributed by atoms with E-state index in [0.717, 1.165) is 12.0 Å². The van der Waals surface area contributed by atoms with Gasteiger partial charge in [0, 0.05) is 11.3 Å². The van der Waals surface area contributed by atoms with E-state index in [0.29, 0.717) is 12.5 Å². The van der Waals surface area contributed by atoms with Gasteiger partial charge >= 0.3 is 6.09 Å². The quantitative estimate of drug-likeness (QED) is 0.813. The number of primary amides is 1. The normalized spacial score (nSPS) is 33.9. The van der Waals surface area contributed by atoms with Crippen molar-refractivity contribution in [3.63, 3.8) is 0 Å². The molecule has 0 bridgehead atoms. The molecule has 96 valence electrons. The van der Waals surface area contributed by atoms with Crippen molar-refractivity contribution in [3.8, 4) is 0 Å². The molecule has 2 aliphatic carbocycles. The van der Waals surface area contributed by atoms with Crippen LogP contribution in [0.3, 0.4) is 0 Å². The lowest BCUT2D eigenvalue weighted by Crippen LogP contribution is -2.41. The number of nitrogens with two attached hydrogens (primary N) is 1. The minimum absolute atomic E-state index is 0.0456. The lowest BCUT2D eigenvalue weighted by Gasteiger charge is -2.45. The molecule has 2 aliphatic rings. The van der Waals surface area contributed by atoms with Gasteiger partial charge in [-0.25, -0.2) is 4.79 Å². The van der Waals surface area contributed by atoms with Gasteiger partial charge in [0.25, 0.3) is 0 Å². The molecular formula is C15H19NO2. The third kappa shape index (κ3) is 2.13. The Morgan fingerprint density at radius 3 is 3.00 bits per heavy atom. The Balaban J connectivity index is 2.29. The van der Waals surface area contributed by atoms with E-state index < -0.39 is 6.09 Å². The third-order valence-corrected chi connectivity index (χ3v) is 4.06. The number of ether oxygens (including phenoxy) is 1. The molecule has 0 saturated carbocycles. The molecule has 0 radical (unpaired) electrons. The van der Waals surface area contributed by atoms with Crippen LogP contribution in [-0.4, -0.2) is 12.7 Å². The zero-order chi connectivity index (χ0) is 13.2. The summed E-state index contributed by atoms with van der Waals surface area (Å²) in [5, 5.41) is 0. The topological polar surface area (TPSA) is 52.3 Å². The SMILES string of the molecule is C=C1C=CC(C)C2(C=CC=CC2)C1COC(N)=O. The van der Waals surface area contributed by atoms with Crippen LogP contribution in [0.15, 0.2) is 48.6 Å². The zero-order valence-corrected chi connectivity index (χ0v) is 10.6. The molecule has 2 rings (SSSR count). The largest absolute Gasteiger partial charge is 0.449 e. The molecule has 0 heterocycles. The van der Waals surface area contributed by atoms with Crippen molar-refractivity contribution >= 4 is 6.09 Å². The van der Waals surface area contributed by atoms with E-state index in [9.17, 15) is 4.79 Å². The van der Waals surface area contributed by atoms with Crippen LogP contribution in [0.5, 0.6) is 0 Å². The van der Waals surface area contributed by atoms with Crippen molar-refractivity contribution < 1.29 is 9.53 Å². The molecular weight excluding hydrogens is 226 g/mol. The molecule has 3 atom stereocenters. The highest BCUT2D eigenvalue weighted by atomic mass is 16.5. The summed E-state index contributed by atoms with van der Waals surface area (Å²) in [5.41, 5.74) is 6.02. The molecule has 0 aromatic rings. The van der Waals surface area contributed by atoms with Crippen LogP contribution in [0.2, 0.25) is 0 Å². The summed E-state index contributed by atoms with van der Waals surface area (Å²) < 4.78 is 5.01. The summed E-state index contributed by atoms with van der Waals surface area (Å²) in [6.45, 7) is 6.56. The fourth-order valence-corrected chi connectivity index (χ4v) is 2.90. The molecule has 1 spiro atoms. The summed E-state index contributed by atoms with van der Waals surface area (Å²) in [5.74, 6) is 0.469. The van der Waals surface area contributed by atoms with Crippen LogP contribution in [0.4, 0.5) is 4.79 Å². The highest BCUT2D eigenvalue weighted by molar-refractivity contribution is 5.64. The Bertz CT molecular complexity index is 447. The second kappa shape index (κ2) is 4.84. The summed E-state index contributed by atoms with van der Waals surface area (Å²) in [6.07, 6.45) is 12.9. The second-order valence-electron chi connectivity index (χ2n) is 5.01. The van der Waals surface area contributed by atoms with Gasteiger partial charge in [0.2, 0.25) is 0 Å². The van der Waals surface area contributed by atoms with Crippen LogP contribution in [-0.2, 0) is 4.74 Å². The van der Waals surface area contributed by atoms with E-state index in [4.69, 9.17) is 10.5 Å². The first-order chi connectivity index (χ1) is 8.56. The molecule has 3 unspecified atom stereocenters. The van der Waals surface area contributed by atoms with Gasteiger partial charge in [0.1, 0.15) is 6.61 Å². The maximum atomic E-state index is 10.8. The van der Waals surface area contributed by atoms with Gasteiger partial charge in [-0.2, -0.15) is 0 Å². The highest BCUT2D eigenvalue weighted by Crippen LogP contribution is 2.49. The fourth-order valence-electron chi connectivity index (χ4n) is 2.90. The smallest absolute Gasteiger partial charge is 0.404 e. The maximum Gasteiger partial charge on any atom is 0.404 e. The lowest BCUT2D eigenvalue weighted by molar-refractivity contribution is 0.0912. The second-order valence-corrected chi connectivity index (χ2v) is 5.01. The van der Waals surface area contributed by atoms with Crippen LogP contribution < -0.4 is 5.73 Å². The van der Waals surface area contributed by atoms with E-state index in [-0.39, 0.29) is 11.3 Å². The Hall–Kier alpha value is -1.77. The number of rotatable bonds is 2. The maximum absolute atomic E-state index is 10.8. The zero-order valence-electron chi connectivity index (χ0n) is 10.6. The number of carbonyl (C=O) groups excluding carboxylic acids is 1. The molecule has 18 heavy (non-hydrogen) atoms. The molecule has 2 N–H and O–H groups in total. The summed E-state index contributed by atoms with van der Waals surface area (Å²) in [4.78, 5) is 10.8. The molecule has 0 saturated heterocycles. The van der Waals surface area contributed by atoms with Crippen molar-refractivity contribution in [1.29, 1.82) is 0 Å². The van der Waals surface area contributed by atoms with Crippen molar-refractivity contribution in [2.75, 3.05) is 6.61 Å². The Morgan fingerprint density at radius 1 is 1.61 bits per heavy atom. The Morgan fingerprint density at radius 2 is 2.39 bits per heavy atom. The Kier molecular flexibility index (Phi) is 3.41. The lowest BCUT2D eigenvalue weighted by atomic mass is 9.59. The minimum Gasteiger partial charge on any atom is -0.449 e. The molecule has 0 fully saturated rings. The van der Waals surface area contributed by atoms with E-state index in [1.807, 2.05) is 12.2 Å². The average molecular weight is 245 g/mol. The highest BCUT2D eigenvalue weighted by Gasteiger charge is 2.43. The van der Waals surface area contributed by atoms with Crippen molar-refractivity contribution in [3.05, 3.63) is 48.6 Å². The van der Waals surface area contributed by atoms with E-state index in [1.165, 1.54) is 0 Å². The molecule has 1 amide bonds. The molecule has 0 aromatic heterocycles. The number of hydrogen-bond donors (Lipinski definition) is 1. The number of allylic oxidation sites excluding steroid dienone is 6. The molecule has 0 aliphatic heterocycles. The average Bonchev–Trinajstić information content (AvgIpc) is 2.35. The van der Waals surface area contributed by atoms with Gasteiger partial charge in [-0.05, 0) is 17.9 Å². The summed E-state index contributed by atoms with van der Waals surface area (Å²) in [6, 6.07) is 0. The number of amides is 1. The first-order valence-corrected chi connectivity index (χ1v) is 6.20. The van der Waals surface area contributed by atoms with Gasteiger partial charge in [0.05, 0.1) is 0 Å². The molecule has 3 heteroatoms. The third-order valence-electron chi connectivity index (χ3n) is 4.06. The number of carbonyl (C=O) groups is 1. The van der Waals surface area contributed by atoms with Crippen LogP contribution in [0.25, 0.3) is 0 Å². The molecule has 0 aromatic carbocycles. The van der Waals surface area contributed by atoms with E-state index >= 15 is 0 Å². The first-order valence-electron chi connectivity index (χ1n) is 6.20. The predicted molar refractivity (Wildman–Crippen MR) is 71.8 cm³/mol. The van der Waals surface area contributed by atoms with E-state index in [1.54, 1.807) is 0 Å². The summed E-state index contributed by atoms with van der Waals surface area (Å²) >= 11 is 0. The molecule has 3 nitrogen and oxygen atoms in total. The van der Waals surface area contributed by atoms with Crippen LogP contribution in [0, 0.1) is 17.3 Å². The first kappa shape index (κ1) is 12.7. The van der Waals surface area contributed by atoms with Gasteiger partial charge < -0.3 is 10.5 Å². The van der Waals surface area contributed by atoms with Gasteiger partial charge in [-0.1, -0.05) is 50.0 Å². The minimum atomic E-state index is -0.726. The van der Waals surface area contributed by atoms with Crippen molar-refractivity contribution in [2.24, 2.45) is 23.0 Å². The van der Waals surface area contributed by atoms with Gasteiger partial charge in [0.15, 0.2) is 0 Å². The Labute approximate surface area is 108 Å². The predicted octanol–water partition coefficient (Wildman–Crippen LogP) is 2.96. The standard InChI is InChI=1S/C15H19NO2/c1-11-6-7-12(2)15(8-4-3-5-9-15)13(11)10-18-14(16)17/h3-8,12-13H,1,9-10H2,2H3,(H2,16,17). The van der Waals surface area contributed by atoms with Gasteiger partial charge in [-0.3, -0.25) is 0 Å². The van der Waals surface area contributed by atoms with Crippen molar-refractivity contribution in [1.82, 2.24) is 0 Å². The van der Waals surface area contributed by atoms with Crippen LogP contribution in [0.1, 0.15) is 13.3 Å². The summed E-state index contributed by atoms with van der Waals surface area (Å²) in [7, 11) is 0. The van der Waals surface area contributed by atoms with Crippen molar-refractivity contribution in [2.45, 2.75) is 13.3 Å². The monoisotopic (exact) mass is 245 g/mol. The van der Waals surface area contributed by atoms with E-state index in [2.05, 4.69) is 37.8 Å². The van der Waals surface area contributed by atoms with Gasteiger partial charge in [-0.15, -0.1) is 0 Å². The fraction of sp³-hybridized carbons (Fsp3) is 0.400. The van der Waals surface area contributed by atoms with Crippen LogP contribution >= 0.6 is 0 Å². The number of hydrogen-bond acceptors (Lipinski definition) is 2.